The molecule has 0 aliphatic carbocycles. The first-order valence-corrected chi connectivity index (χ1v) is 6.84. The van der Waals surface area contributed by atoms with Gasteiger partial charge in [0.25, 0.3) is 0 Å². The molecule has 3 heteroatoms. The number of rotatable bonds is 4. The highest BCUT2D eigenvalue weighted by molar-refractivity contribution is 9.10. The Balaban J connectivity index is 1.69. The van der Waals surface area contributed by atoms with Crippen molar-refractivity contribution in [2.75, 3.05) is 25.0 Å². The van der Waals surface area contributed by atoms with Crippen LogP contribution < -0.4 is 10.6 Å². The predicted molar refractivity (Wildman–Crippen MR) is 72.8 cm³/mol. The summed E-state index contributed by atoms with van der Waals surface area (Å²) in [6.45, 7) is 3.48. The monoisotopic (exact) mass is 282 g/mol. The Morgan fingerprint density at radius 3 is 2.81 bits per heavy atom. The van der Waals surface area contributed by atoms with Crippen molar-refractivity contribution in [2.24, 2.45) is 5.92 Å². The summed E-state index contributed by atoms with van der Waals surface area (Å²) in [5.41, 5.74) is 1.21. The van der Waals surface area contributed by atoms with E-state index in [0.29, 0.717) is 0 Å². The third-order valence-electron chi connectivity index (χ3n) is 3.12. The first-order chi connectivity index (χ1) is 7.84. The molecule has 88 valence electrons. The Kier molecular flexibility index (Phi) is 4.67. The van der Waals surface area contributed by atoms with Crippen LogP contribution in [0.3, 0.4) is 0 Å². The van der Waals surface area contributed by atoms with Gasteiger partial charge in [-0.1, -0.05) is 15.9 Å². The van der Waals surface area contributed by atoms with Gasteiger partial charge >= 0.3 is 0 Å². The van der Waals surface area contributed by atoms with Crippen molar-refractivity contribution in [3.63, 3.8) is 0 Å². The van der Waals surface area contributed by atoms with E-state index in [2.05, 4.69) is 50.8 Å². The molecule has 0 saturated carbocycles. The molecule has 1 saturated heterocycles. The summed E-state index contributed by atoms with van der Waals surface area (Å²) in [5, 5.41) is 6.93. The quantitative estimate of drug-likeness (QED) is 0.886. The maximum atomic E-state index is 3.47. The first kappa shape index (κ1) is 11.9. The number of halogens is 1. The lowest BCUT2D eigenvalue weighted by molar-refractivity contribution is 0.364. The number of anilines is 1. The van der Waals surface area contributed by atoms with Crippen LogP contribution in [0.15, 0.2) is 28.7 Å². The van der Waals surface area contributed by atoms with Crippen LogP contribution in [0, 0.1) is 5.92 Å². The number of nitrogens with one attached hydrogen (secondary N) is 2. The van der Waals surface area contributed by atoms with E-state index in [-0.39, 0.29) is 0 Å². The third kappa shape index (κ3) is 3.80. The third-order valence-corrected chi connectivity index (χ3v) is 3.65. The van der Waals surface area contributed by atoms with Gasteiger partial charge in [-0.3, -0.25) is 0 Å². The molecular formula is C13H19BrN2. The Morgan fingerprint density at radius 1 is 1.31 bits per heavy atom. The molecule has 16 heavy (non-hydrogen) atoms. The molecule has 1 aromatic carbocycles. The Morgan fingerprint density at radius 2 is 2.12 bits per heavy atom. The number of hydrogen-bond donors (Lipinski definition) is 2. The highest BCUT2D eigenvalue weighted by atomic mass is 79.9. The summed E-state index contributed by atoms with van der Waals surface area (Å²) in [6, 6.07) is 8.38. The standard InChI is InChI=1S/C13H19BrN2/c14-12-3-5-13(6-4-12)16-9-7-11-2-1-8-15-10-11/h3-6,11,15-16H,1-2,7-10H2. The van der Waals surface area contributed by atoms with Gasteiger partial charge in [0.1, 0.15) is 0 Å². The van der Waals surface area contributed by atoms with Crippen LogP contribution >= 0.6 is 15.9 Å². The molecule has 1 aliphatic rings. The number of hydrogen-bond acceptors (Lipinski definition) is 2. The van der Waals surface area contributed by atoms with Crippen LogP contribution in [0.1, 0.15) is 19.3 Å². The van der Waals surface area contributed by atoms with Crippen molar-refractivity contribution < 1.29 is 0 Å². The molecule has 0 spiro atoms. The summed E-state index contributed by atoms with van der Waals surface area (Å²) in [4.78, 5) is 0. The molecule has 0 aromatic heterocycles. The zero-order chi connectivity index (χ0) is 11.2. The van der Waals surface area contributed by atoms with Gasteiger partial charge < -0.3 is 10.6 Å². The van der Waals surface area contributed by atoms with Crippen molar-refractivity contribution in [3.05, 3.63) is 28.7 Å². The molecule has 2 rings (SSSR count). The zero-order valence-corrected chi connectivity index (χ0v) is 11.1. The number of benzene rings is 1. The molecule has 2 N–H and O–H groups in total. The Bertz CT molecular complexity index is 304. The van der Waals surface area contributed by atoms with Gasteiger partial charge in [-0.05, 0) is 62.5 Å². The molecule has 1 atom stereocenters. The van der Waals surface area contributed by atoms with Crippen LogP contribution in [0.2, 0.25) is 0 Å². The maximum Gasteiger partial charge on any atom is 0.0340 e. The van der Waals surface area contributed by atoms with Crippen LogP contribution in [-0.4, -0.2) is 19.6 Å². The van der Waals surface area contributed by atoms with Gasteiger partial charge in [0, 0.05) is 16.7 Å². The fraction of sp³-hybridized carbons (Fsp3) is 0.538. The summed E-state index contributed by atoms with van der Waals surface area (Å²) in [7, 11) is 0. The van der Waals surface area contributed by atoms with Crippen molar-refractivity contribution in [2.45, 2.75) is 19.3 Å². The minimum atomic E-state index is 0.858. The number of piperidine rings is 1. The van der Waals surface area contributed by atoms with E-state index in [4.69, 9.17) is 0 Å². The second-order valence-electron chi connectivity index (χ2n) is 4.43. The van der Waals surface area contributed by atoms with Crippen molar-refractivity contribution >= 4 is 21.6 Å². The molecule has 1 fully saturated rings. The molecule has 1 aliphatic heterocycles. The highest BCUT2D eigenvalue weighted by Crippen LogP contribution is 2.16. The van der Waals surface area contributed by atoms with Crippen molar-refractivity contribution in [3.8, 4) is 0 Å². The fourth-order valence-electron chi connectivity index (χ4n) is 2.16. The van der Waals surface area contributed by atoms with Crippen LogP contribution in [0.4, 0.5) is 5.69 Å². The lowest BCUT2D eigenvalue weighted by Crippen LogP contribution is -2.30. The van der Waals surface area contributed by atoms with Crippen molar-refractivity contribution in [1.82, 2.24) is 5.32 Å². The topological polar surface area (TPSA) is 24.1 Å². The molecule has 0 bridgehead atoms. The molecule has 1 aromatic rings. The second kappa shape index (κ2) is 6.26. The highest BCUT2D eigenvalue weighted by Gasteiger charge is 2.11. The van der Waals surface area contributed by atoms with E-state index in [1.807, 2.05) is 0 Å². The van der Waals surface area contributed by atoms with Gasteiger partial charge in [0.2, 0.25) is 0 Å². The average Bonchev–Trinajstić information content (AvgIpc) is 2.33. The van der Waals surface area contributed by atoms with Gasteiger partial charge in [-0.25, -0.2) is 0 Å². The van der Waals surface area contributed by atoms with E-state index in [0.717, 1.165) is 16.9 Å². The molecule has 2 nitrogen and oxygen atoms in total. The van der Waals surface area contributed by atoms with E-state index in [1.54, 1.807) is 0 Å². The van der Waals surface area contributed by atoms with E-state index in [9.17, 15) is 0 Å². The maximum absolute atomic E-state index is 3.47. The lowest BCUT2D eigenvalue weighted by atomic mass is 9.96. The lowest BCUT2D eigenvalue weighted by Gasteiger charge is -2.22. The van der Waals surface area contributed by atoms with Crippen LogP contribution in [0.5, 0.6) is 0 Å². The van der Waals surface area contributed by atoms with E-state index < -0.39 is 0 Å². The van der Waals surface area contributed by atoms with E-state index in [1.165, 1.54) is 38.0 Å². The van der Waals surface area contributed by atoms with Crippen molar-refractivity contribution in [1.29, 1.82) is 0 Å². The van der Waals surface area contributed by atoms with E-state index >= 15 is 0 Å². The van der Waals surface area contributed by atoms with Gasteiger partial charge in [-0.2, -0.15) is 0 Å². The largest absolute Gasteiger partial charge is 0.385 e. The zero-order valence-electron chi connectivity index (χ0n) is 9.51. The molecule has 1 heterocycles. The van der Waals surface area contributed by atoms with Gasteiger partial charge in [-0.15, -0.1) is 0 Å². The minimum Gasteiger partial charge on any atom is -0.385 e. The average molecular weight is 283 g/mol. The smallest absolute Gasteiger partial charge is 0.0340 e. The first-order valence-electron chi connectivity index (χ1n) is 6.05. The molecular weight excluding hydrogens is 264 g/mol. The molecule has 0 radical (unpaired) electrons. The SMILES string of the molecule is Brc1ccc(NCCC2CCCNC2)cc1. The summed E-state index contributed by atoms with van der Waals surface area (Å²) in [5.74, 6) is 0.858. The molecule has 0 amide bonds. The van der Waals surface area contributed by atoms with Crippen LogP contribution in [0.25, 0.3) is 0 Å². The normalized spacial score (nSPS) is 20.7. The summed E-state index contributed by atoms with van der Waals surface area (Å²) < 4.78 is 1.13. The second-order valence-corrected chi connectivity index (χ2v) is 5.35. The Labute approximate surface area is 106 Å². The minimum absolute atomic E-state index is 0.858. The summed E-state index contributed by atoms with van der Waals surface area (Å²) >= 11 is 3.44. The predicted octanol–water partition coefficient (Wildman–Crippen LogP) is 3.25. The molecule has 1 unspecified atom stereocenters. The Hall–Kier alpha value is -0.540. The summed E-state index contributed by atoms with van der Waals surface area (Å²) in [6.07, 6.45) is 3.99. The van der Waals surface area contributed by atoms with Gasteiger partial charge in [0.15, 0.2) is 0 Å². The van der Waals surface area contributed by atoms with Crippen LogP contribution in [-0.2, 0) is 0 Å². The fourth-order valence-corrected chi connectivity index (χ4v) is 2.42. The van der Waals surface area contributed by atoms with Gasteiger partial charge in [0.05, 0.1) is 0 Å².